The quantitative estimate of drug-likeness (QED) is 0.295. The summed E-state index contributed by atoms with van der Waals surface area (Å²) in [6.45, 7) is 8.38. The Bertz CT molecular complexity index is 801. The maximum Gasteiger partial charge on any atom is 0.345 e. The molecule has 0 amide bonds. The smallest absolute Gasteiger partial charge is 0.345 e. The highest BCUT2D eigenvalue weighted by molar-refractivity contribution is 5.87. The van der Waals surface area contributed by atoms with E-state index in [0.717, 1.165) is 0 Å². The van der Waals surface area contributed by atoms with Crippen LogP contribution in [-0.2, 0) is 43.0 Å². The number of allylic oxidation sites excluding steroid dienone is 3. The van der Waals surface area contributed by atoms with Crippen LogP contribution in [0.15, 0.2) is 36.8 Å². The van der Waals surface area contributed by atoms with E-state index < -0.39 is 48.2 Å². The summed E-state index contributed by atoms with van der Waals surface area (Å²) in [6.07, 6.45) is 3.34. The molecule has 13 heteroatoms. The fourth-order valence-electron chi connectivity index (χ4n) is 2.60. The molecule has 3 aliphatic rings. The lowest BCUT2D eigenvalue weighted by Gasteiger charge is -2.01. The van der Waals surface area contributed by atoms with Gasteiger partial charge in [-0.05, 0) is 13.0 Å². The SMILES string of the molecule is C=C1CC[C@@H](C(=O)O)O1.C=C1CC[C@H](C(=O)O)O1.CC(=O)/C=C/CC(=O)O.O=C1CCC(C(=O)O)O1. The summed E-state index contributed by atoms with van der Waals surface area (Å²) in [7, 11) is 0. The van der Waals surface area contributed by atoms with Crippen LogP contribution in [-0.4, -0.2) is 74.4 Å². The first kappa shape index (κ1) is 31.8. The number of carboxylic acid groups (broad SMARTS) is 4. The molecule has 13 nitrogen and oxygen atoms in total. The molecule has 0 saturated carbocycles. The van der Waals surface area contributed by atoms with Crippen molar-refractivity contribution < 1.29 is 63.4 Å². The zero-order valence-electron chi connectivity index (χ0n) is 19.7. The number of carboxylic acids is 4. The van der Waals surface area contributed by atoms with Crippen molar-refractivity contribution in [3.8, 4) is 0 Å². The molecule has 3 heterocycles. The first-order valence-corrected chi connectivity index (χ1v) is 10.7. The monoisotopic (exact) mass is 514 g/mol. The van der Waals surface area contributed by atoms with Crippen molar-refractivity contribution in [2.24, 2.45) is 0 Å². The van der Waals surface area contributed by atoms with E-state index in [0.29, 0.717) is 43.6 Å². The average Bonchev–Trinajstić information content (AvgIpc) is 3.50. The molecule has 3 aliphatic heterocycles. The molecule has 3 rings (SSSR count). The first-order chi connectivity index (χ1) is 16.7. The molecule has 0 aromatic rings. The van der Waals surface area contributed by atoms with E-state index in [2.05, 4.69) is 17.9 Å². The zero-order valence-corrected chi connectivity index (χ0v) is 19.7. The lowest BCUT2D eigenvalue weighted by molar-refractivity contribution is -0.156. The van der Waals surface area contributed by atoms with E-state index in [-0.39, 0.29) is 18.6 Å². The number of ether oxygens (including phenoxy) is 3. The molecule has 4 N–H and O–H groups in total. The molecule has 3 atom stereocenters. The summed E-state index contributed by atoms with van der Waals surface area (Å²) in [5.74, 6) is -3.14. The number of carbonyl (C=O) groups is 6. The minimum Gasteiger partial charge on any atom is -0.484 e. The molecule has 0 spiro atoms. The minimum absolute atomic E-state index is 0.0837. The van der Waals surface area contributed by atoms with Crippen LogP contribution in [0.4, 0.5) is 0 Å². The van der Waals surface area contributed by atoms with Crippen LogP contribution in [0.5, 0.6) is 0 Å². The summed E-state index contributed by atoms with van der Waals surface area (Å²) < 4.78 is 14.0. The van der Waals surface area contributed by atoms with Gasteiger partial charge in [-0.3, -0.25) is 14.4 Å². The topological polar surface area (TPSA) is 211 Å². The summed E-state index contributed by atoms with van der Waals surface area (Å²) in [5, 5.41) is 33.0. The van der Waals surface area contributed by atoms with E-state index in [4.69, 9.17) is 29.9 Å². The predicted molar refractivity (Wildman–Crippen MR) is 121 cm³/mol. The number of esters is 1. The standard InChI is InChI=1S/3C6H8O3.C5H6O4/c2*1-4-2-3-5(9-4)6(7)8;1-5(7)3-2-4-6(8)9;6-4-2-1-3(9-4)5(7)8/h2*5H,1-3H2,(H,7,8);2-3H,4H2,1H3,(H,8,9);3H,1-2H2,(H,7,8)/b;;3-2+;/t2*5-;;/m10../s1. The van der Waals surface area contributed by atoms with Crippen LogP contribution >= 0.6 is 0 Å². The van der Waals surface area contributed by atoms with E-state index in [1.165, 1.54) is 19.1 Å². The summed E-state index contributed by atoms with van der Waals surface area (Å²) in [4.78, 5) is 60.7. The van der Waals surface area contributed by atoms with E-state index in [1.54, 1.807) is 0 Å². The van der Waals surface area contributed by atoms with Crippen molar-refractivity contribution in [2.75, 3.05) is 0 Å². The van der Waals surface area contributed by atoms with Crippen molar-refractivity contribution in [3.05, 3.63) is 36.8 Å². The highest BCUT2D eigenvalue weighted by atomic mass is 16.6. The molecule has 0 bridgehead atoms. The van der Waals surface area contributed by atoms with Crippen LogP contribution in [0, 0.1) is 0 Å². The van der Waals surface area contributed by atoms with Crippen molar-refractivity contribution in [1.29, 1.82) is 0 Å². The molecule has 3 saturated heterocycles. The third kappa shape index (κ3) is 14.9. The van der Waals surface area contributed by atoms with E-state index >= 15 is 0 Å². The number of rotatable bonds is 6. The number of cyclic esters (lactones) is 1. The number of hydrogen-bond acceptors (Lipinski definition) is 9. The van der Waals surface area contributed by atoms with Crippen LogP contribution in [0.3, 0.4) is 0 Å². The van der Waals surface area contributed by atoms with Gasteiger partial charge in [0, 0.05) is 38.5 Å². The molecule has 0 aromatic carbocycles. The average molecular weight is 514 g/mol. The maximum absolute atomic E-state index is 10.3. The Balaban J connectivity index is 0.000000454. The first-order valence-electron chi connectivity index (χ1n) is 10.7. The Hall–Kier alpha value is -4.16. The molecular weight excluding hydrogens is 484 g/mol. The van der Waals surface area contributed by atoms with Gasteiger partial charge in [-0.25, -0.2) is 14.4 Å². The number of carbonyl (C=O) groups excluding carboxylic acids is 2. The van der Waals surface area contributed by atoms with Gasteiger partial charge in [0.1, 0.15) is 0 Å². The molecule has 0 aromatic heterocycles. The Morgan fingerprint density at radius 1 is 0.778 bits per heavy atom. The Kier molecular flexibility index (Phi) is 14.6. The second-order valence-corrected chi connectivity index (χ2v) is 7.51. The van der Waals surface area contributed by atoms with Gasteiger partial charge in [-0.1, -0.05) is 19.2 Å². The van der Waals surface area contributed by atoms with Gasteiger partial charge >= 0.3 is 29.8 Å². The lowest BCUT2D eigenvalue weighted by atomic mass is 10.2. The van der Waals surface area contributed by atoms with Crippen molar-refractivity contribution in [3.63, 3.8) is 0 Å². The summed E-state index contributed by atoms with van der Waals surface area (Å²) in [6, 6.07) is 0. The Morgan fingerprint density at radius 2 is 1.17 bits per heavy atom. The second-order valence-electron chi connectivity index (χ2n) is 7.51. The van der Waals surface area contributed by atoms with Gasteiger partial charge in [0.05, 0.1) is 17.9 Å². The normalized spacial score (nSPS) is 21.8. The Labute approximate surface area is 206 Å². The van der Waals surface area contributed by atoms with E-state index in [1.807, 2.05) is 0 Å². The van der Waals surface area contributed by atoms with Gasteiger partial charge in [-0.15, -0.1) is 0 Å². The molecular formula is C23H30O13. The maximum atomic E-state index is 10.3. The van der Waals surface area contributed by atoms with Gasteiger partial charge in [0.25, 0.3) is 0 Å². The molecule has 1 unspecified atom stereocenters. The second kappa shape index (κ2) is 16.5. The predicted octanol–water partition coefficient (Wildman–Crippen LogP) is 1.91. The number of aliphatic carboxylic acids is 4. The van der Waals surface area contributed by atoms with Gasteiger partial charge in [0.15, 0.2) is 24.1 Å². The van der Waals surface area contributed by atoms with Gasteiger partial charge in [0.2, 0.25) is 0 Å². The Morgan fingerprint density at radius 3 is 1.36 bits per heavy atom. The number of hydrogen-bond donors (Lipinski definition) is 4. The van der Waals surface area contributed by atoms with Gasteiger partial charge < -0.3 is 34.6 Å². The van der Waals surface area contributed by atoms with Crippen LogP contribution < -0.4 is 0 Å². The third-order valence-corrected chi connectivity index (χ3v) is 4.34. The van der Waals surface area contributed by atoms with Gasteiger partial charge in [-0.2, -0.15) is 0 Å². The molecule has 36 heavy (non-hydrogen) atoms. The van der Waals surface area contributed by atoms with Crippen LogP contribution in [0.25, 0.3) is 0 Å². The van der Waals surface area contributed by atoms with E-state index in [9.17, 15) is 28.8 Å². The molecule has 0 aliphatic carbocycles. The third-order valence-electron chi connectivity index (χ3n) is 4.34. The number of ketones is 1. The molecule has 3 fully saturated rings. The zero-order chi connectivity index (χ0) is 27.8. The lowest BCUT2D eigenvalue weighted by Crippen LogP contribution is -2.18. The van der Waals surface area contributed by atoms with Crippen molar-refractivity contribution in [2.45, 2.75) is 70.2 Å². The fraction of sp³-hybridized carbons (Fsp3) is 0.478. The largest absolute Gasteiger partial charge is 0.484 e. The minimum atomic E-state index is -1.05. The highest BCUT2D eigenvalue weighted by Gasteiger charge is 2.29. The van der Waals surface area contributed by atoms with Crippen LogP contribution in [0.2, 0.25) is 0 Å². The van der Waals surface area contributed by atoms with Crippen molar-refractivity contribution >= 4 is 35.6 Å². The fourth-order valence-corrected chi connectivity index (χ4v) is 2.60. The summed E-state index contributed by atoms with van der Waals surface area (Å²) in [5.41, 5.74) is 0. The summed E-state index contributed by atoms with van der Waals surface area (Å²) >= 11 is 0. The molecule has 0 radical (unpaired) electrons. The van der Waals surface area contributed by atoms with Crippen LogP contribution in [0.1, 0.15) is 51.9 Å². The highest BCUT2D eigenvalue weighted by Crippen LogP contribution is 2.21. The van der Waals surface area contributed by atoms with Crippen molar-refractivity contribution in [1.82, 2.24) is 0 Å². The molecule has 200 valence electrons.